The Morgan fingerprint density at radius 3 is 2.43 bits per heavy atom. The Morgan fingerprint density at radius 2 is 1.67 bits per heavy atom. The molecule has 5 rings (SSSR count). The molecular weight excluding hydrogens is 390 g/mol. The van der Waals surface area contributed by atoms with Crippen LogP contribution in [-0.2, 0) is 6.54 Å². The van der Waals surface area contributed by atoms with Gasteiger partial charge >= 0.3 is 0 Å². The molecule has 1 fully saturated rings. The third-order valence-corrected chi connectivity index (χ3v) is 5.77. The van der Waals surface area contributed by atoms with Gasteiger partial charge in [0, 0.05) is 42.7 Å². The highest BCUT2D eigenvalue weighted by Gasteiger charge is 2.41. The molecule has 0 amide bonds. The van der Waals surface area contributed by atoms with Crippen LogP contribution in [0.4, 0.5) is 0 Å². The predicted molar refractivity (Wildman–Crippen MR) is 121 cm³/mol. The Balaban J connectivity index is 1.60. The Morgan fingerprint density at radius 1 is 0.867 bits per heavy atom. The van der Waals surface area contributed by atoms with Crippen LogP contribution in [0.2, 0.25) is 0 Å². The minimum atomic E-state index is -0.0436. The van der Waals surface area contributed by atoms with Crippen molar-refractivity contribution in [1.82, 2.24) is 24.8 Å². The Kier molecular flexibility index (Phi) is 4.99. The zero-order valence-electron chi connectivity index (χ0n) is 16.3. The molecule has 4 aromatic rings. The van der Waals surface area contributed by atoms with E-state index >= 15 is 0 Å². The Bertz CT molecular complexity index is 1130. The van der Waals surface area contributed by atoms with Gasteiger partial charge in [0.1, 0.15) is 0 Å². The average molecular weight is 412 g/mol. The molecular formula is C24H21N5S. The molecule has 0 saturated carbocycles. The number of pyridine rings is 2. The lowest BCUT2D eigenvalue weighted by atomic mass is 10.0. The molecule has 30 heavy (non-hydrogen) atoms. The average Bonchev–Trinajstić information content (AvgIpc) is 3.40. The minimum absolute atomic E-state index is 0.00392. The van der Waals surface area contributed by atoms with Crippen molar-refractivity contribution in [2.24, 2.45) is 0 Å². The van der Waals surface area contributed by atoms with Crippen LogP contribution in [0.25, 0.3) is 5.69 Å². The van der Waals surface area contributed by atoms with Gasteiger partial charge in [-0.05, 0) is 66.3 Å². The van der Waals surface area contributed by atoms with Gasteiger partial charge in [0.15, 0.2) is 5.11 Å². The summed E-state index contributed by atoms with van der Waals surface area (Å²) in [4.78, 5) is 11.0. The van der Waals surface area contributed by atoms with E-state index in [4.69, 9.17) is 12.2 Å². The Hall–Kier alpha value is -3.51. The van der Waals surface area contributed by atoms with Crippen LogP contribution in [0, 0.1) is 0 Å². The normalized spacial score (nSPS) is 18.4. The molecule has 6 heteroatoms. The van der Waals surface area contributed by atoms with Crippen LogP contribution in [-0.4, -0.2) is 24.5 Å². The van der Waals surface area contributed by atoms with Gasteiger partial charge in [0.2, 0.25) is 0 Å². The van der Waals surface area contributed by atoms with Crippen molar-refractivity contribution < 1.29 is 0 Å². The molecule has 5 nitrogen and oxygen atoms in total. The fraction of sp³-hybridized carbons (Fsp3) is 0.125. The van der Waals surface area contributed by atoms with Crippen molar-refractivity contribution in [1.29, 1.82) is 0 Å². The number of para-hydroxylation sites is 1. The summed E-state index contributed by atoms with van der Waals surface area (Å²) in [7, 11) is 0. The van der Waals surface area contributed by atoms with Crippen LogP contribution in [0.1, 0.15) is 29.0 Å². The second kappa shape index (κ2) is 8.08. The van der Waals surface area contributed by atoms with E-state index in [1.165, 1.54) is 11.3 Å². The van der Waals surface area contributed by atoms with Gasteiger partial charge in [-0.3, -0.25) is 9.97 Å². The van der Waals surface area contributed by atoms with E-state index in [1.807, 2.05) is 48.9 Å². The van der Waals surface area contributed by atoms with E-state index < -0.39 is 0 Å². The number of thiocarbonyl (C=S) groups is 1. The smallest absolute Gasteiger partial charge is 0.170 e. The van der Waals surface area contributed by atoms with Gasteiger partial charge in [0.05, 0.1) is 17.8 Å². The van der Waals surface area contributed by atoms with Crippen LogP contribution < -0.4 is 5.32 Å². The highest BCUT2D eigenvalue weighted by molar-refractivity contribution is 7.80. The number of hydrogen-bond acceptors (Lipinski definition) is 3. The van der Waals surface area contributed by atoms with Crippen LogP contribution in [0.5, 0.6) is 0 Å². The third-order valence-electron chi connectivity index (χ3n) is 5.42. The van der Waals surface area contributed by atoms with Crippen LogP contribution in [0.3, 0.4) is 0 Å². The molecule has 0 aliphatic carbocycles. The summed E-state index contributed by atoms with van der Waals surface area (Å²) in [6.45, 7) is 0.697. The summed E-state index contributed by atoms with van der Waals surface area (Å²) in [5.41, 5.74) is 4.43. The number of rotatable bonds is 5. The predicted octanol–water partition coefficient (Wildman–Crippen LogP) is 4.44. The van der Waals surface area contributed by atoms with Gasteiger partial charge < -0.3 is 14.8 Å². The van der Waals surface area contributed by atoms with Gasteiger partial charge in [-0.15, -0.1) is 0 Å². The second-order valence-electron chi connectivity index (χ2n) is 7.25. The van der Waals surface area contributed by atoms with Gasteiger partial charge in [-0.2, -0.15) is 0 Å². The third kappa shape index (κ3) is 3.46. The molecule has 0 bridgehead atoms. The summed E-state index contributed by atoms with van der Waals surface area (Å²) in [6.07, 6.45) is 7.57. The maximum atomic E-state index is 5.79. The molecule has 4 heterocycles. The molecule has 0 unspecified atom stereocenters. The minimum Gasteiger partial charge on any atom is -0.352 e. The lowest BCUT2D eigenvalue weighted by Crippen LogP contribution is -2.30. The fourth-order valence-corrected chi connectivity index (χ4v) is 4.35. The first kappa shape index (κ1) is 18.5. The van der Waals surface area contributed by atoms with E-state index in [0.717, 1.165) is 16.5 Å². The van der Waals surface area contributed by atoms with E-state index in [0.29, 0.717) is 6.54 Å². The van der Waals surface area contributed by atoms with Gasteiger partial charge in [-0.1, -0.05) is 24.3 Å². The number of benzene rings is 1. The first-order chi connectivity index (χ1) is 14.8. The largest absolute Gasteiger partial charge is 0.352 e. The number of hydrogen-bond donors (Lipinski definition) is 1. The van der Waals surface area contributed by atoms with Crippen molar-refractivity contribution in [3.8, 4) is 5.69 Å². The summed E-state index contributed by atoms with van der Waals surface area (Å²) in [6, 6.07) is 24.7. The summed E-state index contributed by atoms with van der Waals surface area (Å²) in [5, 5.41) is 4.25. The Labute approximate surface area is 181 Å². The van der Waals surface area contributed by atoms with E-state index in [1.54, 1.807) is 0 Å². The lowest BCUT2D eigenvalue weighted by Gasteiger charge is -2.29. The SMILES string of the molecule is S=C1N[C@@H](c2ccccn2)[C@H](c2cccn2-c2ccccc2)N1Cc1ccncc1. The first-order valence-electron chi connectivity index (χ1n) is 9.91. The standard InChI is InChI=1S/C24H21N5S/c30-24-27-22(20-9-4-5-13-26-20)23(29(24)17-18-11-14-25-15-12-18)21-10-6-16-28(21)19-7-2-1-3-8-19/h1-16,22-23H,17H2,(H,27,30)/t22-,23-/m0/s1. The summed E-state index contributed by atoms with van der Waals surface area (Å²) in [5.74, 6) is 0. The zero-order chi connectivity index (χ0) is 20.3. The highest BCUT2D eigenvalue weighted by Crippen LogP contribution is 2.40. The molecule has 1 aromatic carbocycles. The van der Waals surface area contributed by atoms with Crippen molar-refractivity contribution in [2.45, 2.75) is 18.6 Å². The highest BCUT2D eigenvalue weighted by atomic mass is 32.1. The van der Waals surface area contributed by atoms with Crippen molar-refractivity contribution in [3.05, 3.63) is 115 Å². The topological polar surface area (TPSA) is 46.0 Å². The molecule has 0 spiro atoms. The number of nitrogens with one attached hydrogen (secondary N) is 1. The monoisotopic (exact) mass is 411 g/mol. The van der Waals surface area contributed by atoms with Gasteiger partial charge in [-0.25, -0.2) is 0 Å². The van der Waals surface area contributed by atoms with Crippen molar-refractivity contribution in [3.63, 3.8) is 0 Å². The molecule has 1 aliphatic rings. The molecule has 2 atom stereocenters. The van der Waals surface area contributed by atoms with Crippen LogP contribution in [0.15, 0.2) is 97.6 Å². The summed E-state index contributed by atoms with van der Waals surface area (Å²) < 4.78 is 2.23. The van der Waals surface area contributed by atoms with Crippen LogP contribution >= 0.6 is 12.2 Å². The lowest BCUT2D eigenvalue weighted by molar-refractivity contribution is 0.302. The van der Waals surface area contributed by atoms with Crippen molar-refractivity contribution in [2.75, 3.05) is 0 Å². The molecule has 1 aliphatic heterocycles. The zero-order valence-corrected chi connectivity index (χ0v) is 17.1. The molecule has 3 aromatic heterocycles. The van der Waals surface area contributed by atoms with Gasteiger partial charge in [0.25, 0.3) is 0 Å². The number of nitrogens with zero attached hydrogens (tertiary/aromatic N) is 4. The molecule has 1 N–H and O–H groups in total. The quantitative estimate of drug-likeness (QED) is 0.492. The molecule has 148 valence electrons. The first-order valence-corrected chi connectivity index (χ1v) is 10.3. The maximum Gasteiger partial charge on any atom is 0.170 e. The second-order valence-corrected chi connectivity index (χ2v) is 7.64. The number of aromatic nitrogens is 3. The molecule has 0 radical (unpaired) electrons. The fourth-order valence-electron chi connectivity index (χ4n) is 4.04. The maximum absolute atomic E-state index is 5.79. The molecule has 1 saturated heterocycles. The summed E-state index contributed by atoms with van der Waals surface area (Å²) >= 11 is 5.79. The van der Waals surface area contributed by atoms with E-state index in [-0.39, 0.29) is 12.1 Å². The van der Waals surface area contributed by atoms with E-state index in [2.05, 4.69) is 73.4 Å². The van der Waals surface area contributed by atoms with Crippen molar-refractivity contribution >= 4 is 17.3 Å². The van der Waals surface area contributed by atoms with E-state index in [9.17, 15) is 0 Å².